The molecule has 0 spiro atoms. The predicted octanol–water partition coefficient (Wildman–Crippen LogP) is 4.86. The highest BCUT2D eigenvalue weighted by Crippen LogP contribution is 2.32. The van der Waals surface area contributed by atoms with Crippen molar-refractivity contribution >= 4 is 22.7 Å². The lowest BCUT2D eigenvalue weighted by molar-refractivity contribution is -0.116. The van der Waals surface area contributed by atoms with Crippen molar-refractivity contribution < 1.29 is 13.9 Å². The van der Waals surface area contributed by atoms with Crippen molar-refractivity contribution in [2.45, 2.75) is 33.6 Å². The number of carbonyl (C=O) groups is 1. The summed E-state index contributed by atoms with van der Waals surface area (Å²) in [4.78, 5) is 16.5. The zero-order valence-electron chi connectivity index (χ0n) is 15.0. The summed E-state index contributed by atoms with van der Waals surface area (Å²) in [6.07, 6.45) is 1.26. The summed E-state index contributed by atoms with van der Waals surface area (Å²) < 4.78 is 11.2. The molecule has 2 aromatic carbocycles. The molecule has 0 aliphatic rings. The fourth-order valence-corrected chi connectivity index (χ4v) is 2.68. The van der Waals surface area contributed by atoms with Gasteiger partial charge in [0.2, 0.25) is 11.8 Å². The zero-order chi connectivity index (χ0) is 18.0. The Morgan fingerprint density at radius 1 is 1.20 bits per heavy atom. The van der Waals surface area contributed by atoms with Gasteiger partial charge in [-0.15, -0.1) is 0 Å². The molecule has 25 heavy (non-hydrogen) atoms. The maximum atomic E-state index is 11.9. The van der Waals surface area contributed by atoms with Crippen LogP contribution in [0.25, 0.3) is 22.6 Å². The molecule has 1 N–H and O–H groups in total. The van der Waals surface area contributed by atoms with Gasteiger partial charge in [-0.2, -0.15) is 0 Å². The number of nitrogens with zero attached hydrogens (tertiary/aromatic N) is 1. The first-order valence-electron chi connectivity index (χ1n) is 8.38. The van der Waals surface area contributed by atoms with Crippen LogP contribution in [0.1, 0.15) is 30.9 Å². The minimum Gasteiger partial charge on any atom is -0.495 e. The van der Waals surface area contributed by atoms with E-state index in [2.05, 4.69) is 17.2 Å². The number of oxazole rings is 1. The lowest BCUT2D eigenvalue weighted by Crippen LogP contribution is -2.11. The second kappa shape index (κ2) is 6.97. The van der Waals surface area contributed by atoms with Crippen molar-refractivity contribution in [1.82, 2.24) is 4.98 Å². The van der Waals surface area contributed by atoms with Crippen molar-refractivity contribution in [1.29, 1.82) is 0 Å². The molecule has 0 unspecified atom stereocenters. The van der Waals surface area contributed by atoms with E-state index in [1.807, 2.05) is 44.2 Å². The fraction of sp³-hybridized carbons (Fsp3) is 0.300. The average Bonchev–Trinajstić information content (AvgIpc) is 2.98. The van der Waals surface area contributed by atoms with Crippen LogP contribution >= 0.6 is 0 Å². The number of fused-ring (bicyclic) bond motifs is 1. The van der Waals surface area contributed by atoms with Crippen LogP contribution in [0.3, 0.4) is 0 Å². The van der Waals surface area contributed by atoms with Crippen LogP contribution in [-0.2, 0) is 4.79 Å². The Bertz CT molecular complexity index is 889. The molecular formula is C20H22N2O3. The van der Waals surface area contributed by atoms with Crippen molar-refractivity contribution in [3.63, 3.8) is 0 Å². The first-order valence-corrected chi connectivity index (χ1v) is 8.38. The quantitative estimate of drug-likeness (QED) is 0.721. The minimum absolute atomic E-state index is 0.0400. The van der Waals surface area contributed by atoms with Gasteiger partial charge in [0.05, 0.1) is 12.8 Å². The Balaban J connectivity index is 2.00. The monoisotopic (exact) mass is 338 g/mol. The van der Waals surface area contributed by atoms with Crippen LogP contribution in [-0.4, -0.2) is 18.0 Å². The van der Waals surface area contributed by atoms with Gasteiger partial charge in [-0.1, -0.05) is 6.92 Å². The van der Waals surface area contributed by atoms with Crippen LogP contribution in [0.15, 0.2) is 34.7 Å². The Kier molecular flexibility index (Phi) is 4.74. The number of anilines is 1. The van der Waals surface area contributed by atoms with Crippen LogP contribution in [0.5, 0.6) is 5.75 Å². The molecule has 3 aromatic rings. The third-order valence-corrected chi connectivity index (χ3v) is 4.20. The maximum Gasteiger partial charge on any atom is 0.227 e. The molecule has 5 nitrogen and oxygen atoms in total. The number of hydrogen-bond donors (Lipinski definition) is 1. The van der Waals surface area contributed by atoms with E-state index < -0.39 is 0 Å². The summed E-state index contributed by atoms with van der Waals surface area (Å²) in [5.41, 5.74) is 5.33. The van der Waals surface area contributed by atoms with Gasteiger partial charge in [0.15, 0.2) is 5.58 Å². The summed E-state index contributed by atoms with van der Waals surface area (Å²) in [7, 11) is 1.58. The first-order chi connectivity index (χ1) is 12.0. The highest BCUT2D eigenvalue weighted by atomic mass is 16.5. The first kappa shape index (κ1) is 17.0. The summed E-state index contributed by atoms with van der Waals surface area (Å²) in [5, 5.41) is 2.89. The zero-order valence-corrected chi connectivity index (χ0v) is 15.0. The van der Waals surface area contributed by atoms with Gasteiger partial charge >= 0.3 is 0 Å². The number of nitrogens with one attached hydrogen (secondary N) is 1. The van der Waals surface area contributed by atoms with E-state index in [0.717, 1.165) is 28.6 Å². The van der Waals surface area contributed by atoms with E-state index in [-0.39, 0.29) is 5.91 Å². The van der Waals surface area contributed by atoms with Crippen LogP contribution in [0.2, 0.25) is 0 Å². The van der Waals surface area contributed by atoms with E-state index in [4.69, 9.17) is 9.15 Å². The van der Waals surface area contributed by atoms with Crippen LogP contribution < -0.4 is 10.1 Å². The molecule has 3 rings (SSSR count). The van der Waals surface area contributed by atoms with E-state index in [9.17, 15) is 4.79 Å². The van der Waals surface area contributed by atoms with Crippen molar-refractivity contribution in [2.24, 2.45) is 0 Å². The van der Waals surface area contributed by atoms with Gasteiger partial charge in [-0.3, -0.25) is 4.79 Å². The van der Waals surface area contributed by atoms with E-state index in [0.29, 0.717) is 23.7 Å². The van der Waals surface area contributed by atoms with Gasteiger partial charge in [0, 0.05) is 12.0 Å². The predicted molar refractivity (Wildman–Crippen MR) is 99.0 cm³/mol. The molecule has 0 fully saturated rings. The molecular weight excluding hydrogens is 316 g/mol. The number of rotatable bonds is 5. The normalized spacial score (nSPS) is 10.9. The standard InChI is InChI=1S/C20H22N2O3/c1-5-6-19(23)21-16-11-14(7-8-17(16)24-4)20-22-15-9-12(2)13(3)10-18(15)25-20/h7-11H,5-6H2,1-4H3,(H,21,23). The Morgan fingerprint density at radius 2 is 1.96 bits per heavy atom. The van der Waals surface area contributed by atoms with Gasteiger partial charge < -0.3 is 14.5 Å². The number of ether oxygens (including phenoxy) is 1. The number of amides is 1. The van der Waals surface area contributed by atoms with Gasteiger partial charge in [0.25, 0.3) is 0 Å². The topological polar surface area (TPSA) is 64.4 Å². The lowest BCUT2D eigenvalue weighted by Gasteiger charge is -2.10. The summed E-state index contributed by atoms with van der Waals surface area (Å²) in [5.74, 6) is 1.09. The van der Waals surface area contributed by atoms with Gasteiger partial charge in [-0.25, -0.2) is 4.98 Å². The number of aromatic nitrogens is 1. The third kappa shape index (κ3) is 3.50. The fourth-order valence-electron chi connectivity index (χ4n) is 2.68. The Labute approximate surface area is 147 Å². The molecule has 0 saturated heterocycles. The number of benzene rings is 2. The van der Waals surface area contributed by atoms with Gasteiger partial charge in [-0.05, 0) is 61.7 Å². The Hall–Kier alpha value is -2.82. The van der Waals surface area contributed by atoms with Crippen LogP contribution in [0, 0.1) is 13.8 Å². The Morgan fingerprint density at radius 3 is 2.68 bits per heavy atom. The number of hydrogen-bond acceptors (Lipinski definition) is 4. The molecule has 130 valence electrons. The molecule has 1 amide bonds. The highest BCUT2D eigenvalue weighted by molar-refractivity contribution is 5.93. The minimum atomic E-state index is -0.0400. The molecule has 1 heterocycles. The van der Waals surface area contributed by atoms with Crippen molar-refractivity contribution in [3.05, 3.63) is 41.5 Å². The maximum absolute atomic E-state index is 11.9. The average molecular weight is 338 g/mol. The number of carbonyl (C=O) groups excluding carboxylic acids is 1. The number of methoxy groups -OCH3 is 1. The molecule has 0 radical (unpaired) electrons. The molecule has 0 aliphatic heterocycles. The molecule has 0 bridgehead atoms. The largest absolute Gasteiger partial charge is 0.495 e. The van der Waals surface area contributed by atoms with Crippen molar-refractivity contribution in [2.75, 3.05) is 12.4 Å². The van der Waals surface area contributed by atoms with Crippen molar-refractivity contribution in [3.8, 4) is 17.2 Å². The molecule has 0 saturated carbocycles. The summed E-state index contributed by atoms with van der Waals surface area (Å²) in [6, 6.07) is 9.53. The smallest absolute Gasteiger partial charge is 0.227 e. The molecule has 1 aromatic heterocycles. The van der Waals surface area contributed by atoms with E-state index in [1.54, 1.807) is 7.11 Å². The second-order valence-electron chi connectivity index (χ2n) is 6.14. The molecule has 0 aliphatic carbocycles. The SMILES string of the molecule is CCCC(=O)Nc1cc(-c2nc3cc(C)c(C)cc3o2)ccc1OC. The molecule has 5 heteroatoms. The molecule has 0 atom stereocenters. The van der Waals surface area contributed by atoms with E-state index in [1.165, 1.54) is 5.56 Å². The summed E-state index contributed by atoms with van der Waals surface area (Å²) >= 11 is 0. The highest BCUT2D eigenvalue weighted by Gasteiger charge is 2.13. The number of aryl methyl sites for hydroxylation is 2. The second-order valence-corrected chi connectivity index (χ2v) is 6.14. The lowest BCUT2D eigenvalue weighted by atomic mass is 10.1. The third-order valence-electron chi connectivity index (χ3n) is 4.20. The van der Waals surface area contributed by atoms with Crippen LogP contribution in [0.4, 0.5) is 5.69 Å². The van der Waals surface area contributed by atoms with Gasteiger partial charge in [0.1, 0.15) is 11.3 Å². The summed E-state index contributed by atoms with van der Waals surface area (Å²) in [6.45, 7) is 6.07. The van der Waals surface area contributed by atoms with E-state index >= 15 is 0 Å².